The molecule has 0 atom stereocenters. The van der Waals surface area contributed by atoms with Gasteiger partial charge in [-0.15, -0.1) is 0 Å². The van der Waals surface area contributed by atoms with Gasteiger partial charge in [-0.1, -0.05) is 67.4 Å². The Balaban J connectivity index is 1.77. The van der Waals surface area contributed by atoms with Crippen LogP contribution in [0, 0.1) is 0 Å². The molecule has 1 heteroatoms. The molecule has 20 heavy (non-hydrogen) atoms. The lowest BCUT2D eigenvalue weighted by molar-refractivity contribution is 0.616. The maximum Gasteiger partial charge on any atom is -0.00519 e. The van der Waals surface area contributed by atoms with Gasteiger partial charge in [-0.2, -0.15) is 0 Å². The molecule has 0 heterocycles. The summed E-state index contributed by atoms with van der Waals surface area (Å²) in [5.74, 6) is 0. The third-order valence-corrected chi connectivity index (χ3v) is 3.70. The molecule has 0 saturated heterocycles. The molecular weight excluding hydrogens is 242 g/mol. The summed E-state index contributed by atoms with van der Waals surface area (Å²) in [7, 11) is 2.02. The zero-order chi connectivity index (χ0) is 14.0. The van der Waals surface area contributed by atoms with Crippen molar-refractivity contribution < 1.29 is 0 Å². The maximum atomic E-state index is 3.20. The fourth-order valence-corrected chi connectivity index (χ4v) is 2.48. The molecule has 0 bridgehead atoms. The minimum absolute atomic E-state index is 1.14. The molecule has 0 spiro atoms. The Morgan fingerprint density at radius 3 is 2.05 bits per heavy atom. The number of aryl methyl sites for hydroxylation is 1. The zero-order valence-electron chi connectivity index (χ0n) is 12.4. The number of hydrogen-bond donors (Lipinski definition) is 1. The summed E-state index contributed by atoms with van der Waals surface area (Å²) in [5.41, 5.74) is 4.06. The summed E-state index contributed by atoms with van der Waals surface area (Å²) < 4.78 is 0. The highest BCUT2D eigenvalue weighted by Crippen LogP contribution is 2.20. The molecule has 0 unspecified atom stereocenters. The lowest BCUT2D eigenvalue weighted by Crippen LogP contribution is -2.06. The Bertz CT molecular complexity index is 473. The van der Waals surface area contributed by atoms with Crippen molar-refractivity contribution in [1.29, 1.82) is 0 Å². The Morgan fingerprint density at radius 1 is 0.700 bits per heavy atom. The highest BCUT2D eigenvalue weighted by atomic mass is 14.8. The summed E-state index contributed by atoms with van der Waals surface area (Å²) in [6.07, 6.45) is 6.47. The average molecular weight is 267 g/mol. The Labute approximate surface area is 123 Å². The molecule has 0 aromatic heterocycles. The first kappa shape index (κ1) is 14.8. The monoisotopic (exact) mass is 267 g/mol. The predicted molar refractivity (Wildman–Crippen MR) is 88.0 cm³/mol. The van der Waals surface area contributed by atoms with E-state index in [0.29, 0.717) is 0 Å². The van der Waals surface area contributed by atoms with E-state index in [2.05, 4.69) is 59.9 Å². The number of benzene rings is 2. The van der Waals surface area contributed by atoms with Crippen molar-refractivity contribution in [3.63, 3.8) is 0 Å². The van der Waals surface area contributed by atoms with Crippen LogP contribution in [0.5, 0.6) is 0 Å². The lowest BCUT2D eigenvalue weighted by Gasteiger charge is -2.05. The van der Waals surface area contributed by atoms with E-state index < -0.39 is 0 Å². The summed E-state index contributed by atoms with van der Waals surface area (Å²) in [6, 6.07) is 19.6. The molecule has 0 aliphatic carbocycles. The minimum atomic E-state index is 1.14. The summed E-state index contributed by atoms with van der Waals surface area (Å²) in [4.78, 5) is 0. The first-order valence-corrected chi connectivity index (χ1v) is 7.69. The molecule has 0 aliphatic heterocycles. The smallest absolute Gasteiger partial charge is 0.00519 e. The molecule has 0 aliphatic rings. The van der Waals surface area contributed by atoms with Crippen LogP contribution >= 0.6 is 0 Å². The van der Waals surface area contributed by atoms with E-state index in [9.17, 15) is 0 Å². The van der Waals surface area contributed by atoms with Crippen molar-refractivity contribution in [3.05, 3.63) is 60.2 Å². The molecule has 0 radical (unpaired) electrons. The fraction of sp³-hybridized carbons (Fsp3) is 0.368. The predicted octanol–water partition coefficient (Wildman–Crippen LogP) is 4.68. The number of rotatable bonds is 8. The van der Waals surface area contributed by atoms with E-state index >= 15 is 0 Å². The standard InChI is InChI=1S/C19H25N/c1-20-16-8-3-2-5-9-17-12-14-19(15-13-17)18-10-6-4-7-11-18/h4,6-7,10-15,20H,2-3,5,8-9,16H2,1H3. The van der Waals surface area contributed by atoms with Gasteiger partial charge in [0.1, 0.15) is 0 Å². The van der Waals surface area contributed by atoms with Crippen LogP contribution in [0.25, 0.3) is 11.1 Å². The van der Waals surface area contributed by atoms with Crippen molar-refractivity contribution in [2.75, 3.05) is 13.6 Å². The number of hydrogen-bond acceptors (Lipinski definition) is 1. The van der Waals surface area contributed by atoms with Gasteiger partial charge in [0, 0.05) is 0 Å². The molecule has 2 aromatic carbocycles. The van der Waals surface area contributed by atoms with Crippen molar-refractivity contribution in [2.24, 2.45) is 0 Å². The summed E-state index contributed by atoms with van der Waals surface area (Å²) in [5, 5.41) is 3.20. The second kappa shape index (κ2) is 8.55. The average Bonchev–Trinajstić information content (AvgIpc) is 2.52. The molecule has 2 aromatic rings. The molecule has 0 amide bonds. The van der Waals surface area contributed by atoms with Gasteiger partial charge in [-0.25, -0.2) is 0 Å². The van der Waals surface area contributed by atoms with Gasteiger partial charge in [0.2, 0.25) is 0 Å². The van der Waals surface area contributed by atoms with Crippen LogP contribution in [0.2, 0.25) is 0 Å². The van der Waals surface area contributed by atoms with E-state index in [4.69, 9.17) is 0 Å². The lowest BCUT2D eigenvalue weighted by atomic mass is 10.0. The Hall–Kier alpha value is -1.60. The first-order chi connectivity index (χ1) is 9.90. The third kappa shape index (κ3) is 4.82. The topological polar surface area (TPSA) is 12.0 Å². The van der Waals surface area contributed by atoms with Gasteiger partial charge >= 0.3 is 0 Å². The molecular formula is C19H25N. The maximum absolute atomic E-state index is 3.20. The van der Waals surface area contributed by atoms with E-state index in [1.165, 1.54) is 48.8 Å². The molecule has 2 rings (SSSR count). The number of unbranched alkanes of at least 4 members (excludes halogenated alkanes) is 3. The van der Waals surface area contributed by atoms with Gasteiger partial charge in [0.25, 0.3) is 0 Å². The van der Waals surface area contributed by atoms with Gasteiger partial charge in [0.05, 0.1) is 0 Å². The van der Waals surface area contributed by atoms with E-state index in [1.54, 1.807) is 0 Å². The van der Waals surface area contributed by atoms with Crippen molar-refractivity contribution in [2.45, 2.75) is 32.1 Å². The van der Waals surface area contributed by atoms with Gasteiger partial charge < -0.3 is 5.32 Å². The highest BCUT2D eigenvalue weighted by Gasteiger charge is 1.98. The fourth-order valence-electron chi connectivity index (χ4n) is 2.48. The Morgan fingerprint density at radius 2 is 1.35 bits per heavy atom. The largest absolute Gasteiger partial charge is 0.320 e. The molecule has 106 valence electrons. The van der Waals surface area contributed by atoms with Crippen LogP contribution in [0.4, 0.5) is 0 Å². The van der Waals surface area contributed by atoms with Gasteiger partial charge in [-0.3, -0.25) is 0 Å². The van der Waals surface area contributed by atoms with Crippen LogP contribution in [0.3, 0.4) is 0 Å². The van der Waals surface area contributed by atoms with Crippen molar-refractivity contribution in [1.82, 2.24) is 5.32 Å². The van der Waals surface area contributed by atoms with Gasteiger partial charge in [-0.05, 0) is 49.5 Å². The minimum Gasteiger partial charge on any atom is -0.320 e. The van der Waals surface area contributed by atoms with Gasteiger partial charge in [0.15, 0.2) is 0 Å². The molecule has 0 fully saturated rings. The van der Waals surface area contributed by atoms with Crippen molar-refractivity contribution in [3.8, 4) is 11.1 Å². The summed E-state index contributed by atoms with van der Waals surface area (Å²) in [6.45, 7) is 1.14. The normalized spacial score (nSPS) is 10.7. The highest BCUT2D eigenvalue weighted by molar-refractivity contribution is 5.63. The zero-order valence-corrected chi connectivity index (χ0v) is 12.4. The van der Waals surface area contributed by atoms with Crippen LogP contribution in [-0.4, -0.2) is 13.6 Å². The quantitative estimate of drug-likeness (QED) is 0.685. The molecule has 1 N–H and O–H groups in total. The first-order valence-electron chi connectivity index (χ1n) is 7.69. The van der Waals surface area contributed by atoms with Crippen LogP contribution in [0.1, 0.15) is 31.2 Å². The van der Waals surface area contributed by atoms with E-state index in [0.717, 1.165) is 6.54 Å². The van der Waals surface area contributed by atoms with Crippen LogP contribution in [0.15, 0.2) is 54.6 Å². The van der Waals surface area contributed by atoms with E-state index in [1.807, 2.05) is 7.05 Å². The number of nitrogens with one attached hydrogen (secondary N) is 1. The second-order valence-corrected chi connectivity index (χ2v) is 5.33. The van der Waals surface area contributed by atoms with Crippen LogP contribution in [-0.2, 0) is 6.42 Å². The van der Waals surface area contributed by atoms with E-state index in [-0.39, 0.29) is 0 Å². The van der Waals surface area contributed by atoms with Crippen molar-refractivity contribution >= 4 is 0 Å². The molecule has 1 nitrogen and oxygen atoms in total. The third-order valence-electron chi connectivity index (χ3n) is 3.70. The summed E-state index contributed by atoms with van der Waals surface area (Å²) >= 11 is 0. The SMILES string of the molecule is CNCCCCCCc1ccc(-c2ccccc2)cc1. The second-order valence-electron chi connectivity index (χ2n) is 5.33. The van der Waals surface area contributed by atoms with Crippen LogP contribution < -0.4 is 5.32 Å². The molecule has 0 saturated carbocycles. The Kier molecular flexibility index (Phi) is 6.33.